The number of anilines is 1. The minimum Gasteiger partial charge on any atom is -0.351 e. The number of aromatic nitrogens is 1. The molecule has 0 aliphatic rings. The van der Waals surface area contributed by atoms with E-state index in [4.69, 9.17) is 0 Å². The van der Waals surface area contributed by atoms with Crippen molar-refractivity contribution in [2.45, 2.75) is 13.3 Å². The van der Waals surface area contributed by atoms with Crippen LogP contribution in [-0.4, -0.2) is 23.3 Å². The molecule has 27 heavy (non-hydrogen) atoms. The third-order valence-corrected chi connectivity index (χ3v) is 5.34. The van der Waals surface area contributed by atoms with E-state index in [2.05, 4.69) is 15.6 Å². The van der Waals surface area contributed by atoms with Crippen LogP contribution in [0.4, 0.5) is 13.9 Å². The smallest absolute Gasteiger partial charge is 0.254 e. The number of halogens is 2. The third kappa shape index (κ3) is 4.95. The second kappa shape index (κ2) is 8.36. The summed E-state index contributed by atoms with van der Waals surface area (Å²) in [5, 5.41) is 7.43. The lowest BCUT2D eigenvalue weighted by Crippen LogP contribution is -2.28. The van der Waals surface area contributed by atoms with Crippen LogP contribution in [-0.2, 0) is 4.79 Å². The first-order chi connectivity index (χ1) is 12.9. The Labute approximate surface area is 162 Å². The summed E-state index contributed by atoms with van der Waals surface area (Å²) >= 11 is 2.93. The number of hydrogen-bond acceptors (Lipinski definition) is 5. The van der Waals surface area contributed by atoms with Gasteiger partial charge in [-0.2, -0.15) is 0 Å². The van der Waals surface area contributed by atoms with Crippen molar-refractivity contribution < 1.29 is 18.4 Å². The van der Waals surface area contributed by atoms with Gasteiger partial charge in [0.2, 0.25) is 5.91 Å². The van der Waals surface area contributed by atoms with Gasteiger partial charge in [0.05, 0.1) is 16.1 Å². The Hall–Kier alpha value is -2.65. The molecule has 0 aliphatic heterocycles. The van der Waals surface area contributed by atoms with Gasteiger partial charge in [-0.1, -0.05) is 0 Å². The number of rotatable bonds is 6. The molecule has 3 aromatic rings. The van der Waals surface area contributed by atoms with Crippen molar-refractivity contribution in [3.05, 3.63) is 57.8 Å². The first-order valence-corrected chi connectivity index (χ1v) is 9.67. The molecule has 0 bridgehead atoms. The average molecular weight is 407 g/mol. The highest BCUT2D eigenvalue weighted by Gasteiger charge is 2.13. The van der Waals surface area contributed by atoms with Crippen LogP contribution in [0.5, 0.6) is 0 Å². The predicted molar refractivity (Wildman–Crippen MR) is 102 cm³/mol. The molecule has 9 heteroatoms. The highest BCUT2D eigenvalue weighted by molar-refractivity contribution is 7.17. The van der Waals surface area contributed by atoms with Gasteiger partial charge in [0, 0.05) is 29.3 Å². The quantitative estimate of drug-likeness (QED) is 0.643. The highest BCUT2D eigenvalue weighted by Crippen LogP contribution is 2.30. The normalized spacial score (nSPS) is 10.6. The molecule has 0 radical (unpaired) electrons. The van der Waals surface area contributed by atoms with Gasteiger partial charge < -0.3 is 10.6 Å². The third-order valence-electron chi connectivity index (χ3n) is 3.56. The molecule has 0 aliphatic carbocycles. The lowest BCUT2D eigenvalue weighted by atomic mass is 10.2. The van der Waals surface area contributed by atoms with E-state index in [-0.39, 0.29) is 24.4 Å². The lowest BCUT2D eigenvalue weighted by Gasteiger charge is -2.06. The topological polar surface area (TPSA) is 71.1 Å². The molecule has 0 unspecified atom stereocenters. The molecule has 0 atom stereocenters. The molecule has 2 aromatic heterocycles. The van der Waals surface area contributed by atoms with Crippen molar-refractivity contribution in [3.8, 4) is 10.6 Å². The number of nitrogens with zero attached hydrogens (tertiary/aromatic N) is 1. The lowest BCUT2D eigenvalue weighted by molar-refractivity contribution is -0.116. The summed E-state index contributed by atoms with van der Waals surface area (Å²) in [4.78, 5) is 30.4. The van der Waals surface area contributed by atoms with Crippen LogP contribution in [0.2, 0.25) is 0 Å². The Morgan fingerprint density at radius 3 is 2.70 bits per heavy atom. The first kappa shape index (κ1) is 19.1. The minimum atomic E-state index is -0.948. The minimum absolute atomic E-state index is 0.00156. The van der Waals surface area contributed by atoms with E-state index in [0.29, 0.717) is 11.2 Å². The summed E-state index contributed by atoms with van der Waals surface area (Å²) in [7, 11) is 0. The van der Waals surface area contributed by atoms with E-state index in [1.807, 2.05) is 24.4 Å². The van der Waals surface area contributed by atoms with Crippen molar-refractivity contribution in [2.75, 3.05) is 11.9 Å². The number of carbonyl (C=O) groups excluding carboxylic acids is 2. The molecule has 2 amide bonds. The molecule has 0 spiro atoms. The van der Waals surface area contributed by atoms with Gasteiger partial charge in [-0.25, -0.2) is 13.8 Å². The fourth-order valence-electron chi connectivity index (χ4n) is 2.26. The summed E-state index contributed by atoms with van der Waals surface area (Å²) in [5.74, 6) is -2.73. The molecule has 1 aromatic carbocycles. The standard InChI is InChI=1S/C18H15F2N3O2S2/c1-10-2-5-15(27-10)14-9-26-18(22-14)23-16(24)6-7-21-17(25)12-4-3-11(19)8-13(12)20/h2-5,8-9H,6-7H2,1H3,(H,21,25)(H,22,23,24). The fourth-order valence-corrected chi connectivity index (χ4v) is 3.89. The van der Waals surface area contributed by atoms with E-state index >= 15 is 0 Å². The van der Waals surface area contributed by atoms with Crippen molar-refractivity contribution in [3.63, 3.8) is 0 Å². The zero-order valence-electron chi connectivity index (χ0n) is 14.2. The van der Waals surface area contributed by atoms with Crippen molar-refractivity contribution in [1.82, 2.24) is 10.3 Å². The number of aryl methyl sites for hydroxylation is 1. The molecule has 0 fully saturated rings. The molecule has 140 valence electrons. The monoisotopic (exact) mass is 407 g/mol. The van der Waals surface area contributed by atoms with Crippen LogP contribution in [0.25, 0.3) is 10.6 Å². The molecule has 3 rings (SSSR count). The van der Waals surface area contributed by atoms with Gasteiger partial charge >= 0.3 is 0 Å². The summed E-state index contributed by atoms with van der Waals surface area (Å²) < 4.78 is 26.4. The number of amides is 2. The number of nitrogens with one attached hydrogen (secondary N) is 2. The summed E-state index contributed by atoms with van der Waals surface area (Å²) in [6.45, 7) is 2.03. The van der Waals surface area contributed by atoms with E-state index in [1.165, 1.54) is 16.2 Å². The zero-order valence-corrected chi connectivity index (χ0v) is 15.8. The first-order valence-electron chi connectivity index (χ1n) is 7.98. The average Bonchev–Trinajstić information content (AvgIpc) is 3.23. The van der Waals surface area contributed by atoms with E-state index in [1.54, 1.807) is 11.3 Å². The molecular formula is C18H15F2N3O2S2. The van der Waals surface area contributed by atoms with E-state index < -0.39 is 17.5 Å². The fraction of sp³-hybridized carbons (Fsp3) is 0.167. The Balaban J connectivity index is 1.48. The molecule has 2 N–H and O–H groups in total. The van der Waals surface area contributed by atoms with Gasteiger partial charge in [0.15, 0.2) is 5.13 Å². The number of thiophene rings is 1. The summed E-state index contributed by atoms with van der Waals surface area (Å²) in [6, 6.07) is 6.68. The van der Waals surface area contributed by atoms with Crippen molar-refractivity contribution in [2.24, 2.45) is 0 Å². The maximum absolute atomic E-state index is 13.5. The molecule has 5 nitrogen and oxygen atoms in total. The molecule has 0 saturated carbocycles. The van der Waals surface area contributed by atoms with Crippen LogP contribution < -0.4 is 10.6 Å². The van der Waals surface area contributed by atoms with E-state index in [0.717, 1.165) is 22.7 Å². The largest absolute Gasteiger partial charge is 0.351 e. The number of benzene rings is 1. The van der Waals surface area contributed by atoms with Crippen molar-refractivity contribution >= 4 is 39.6 Å². The van der Waals surface area contributed by atoms with Crippen LogP contribution in [0, 0.1) is 18.6 Å². The predicted octanol–water partition coefficient (Wildman–Crippen LogP) is 4.22. The van der Waals surface area contributed by atoms with Crippen LogP contribution in [0.1, 0.15) is 21.7 Å². The maximum Gasteiger partial charge on any atom is 0.254 e. The second-order valence-corrected chi connectivity index (χ2v) is 7.77. The molecule has 0 saturated heterocycles. The number of thiazole rings is 1. The maximum atomic E-state index is 13.5. The summed E-state index contributed by atoms with van der Waals surface area (Å²) in [6.07, 6.45) is 0.00156. The highest BCUT2D eigenvalue weighted by atomic mass is 32.1. The van der Waals surface area contributed by atoms with Crippen LogP contribution in [0.3, 0.4) is 0 Å². The molecular weight excluding hydrogens is 392 g/mol. The van der Waals surface area contributed by atoms with Crippen LogP contribution >= 0.6 is 22.7 Å². The number of carbonyl (C=O) groups is 2. The van der Waals surface area contributed by atoms with E-state index in [9.17, 15) is 18.4 Å². The zero-order chi connectivity index (χ0) is 19.4. The van der Waals surface area contributed by atoms with Gasteiger partial charge in [-0.15, -0.1) is 22.7 Å². The Morgan fingerprint density at radius 2 is 2.00 bits per heavy atom. The Kier molecular flexibility index (Phi) is 5.92. The van der Waals surface area contributed by atoms with Gasteiger partial charge in [-0.3, -0.25) is 9.59 Å². The Bertz CT molecular complexity index is 985. The Morgan fingerprint density at radius 1 is 1.19 bits per heavy atom. The number of hydrogen-bond donors (Lipinski definition) is 2. The summed E-state index contributed by atoms with van der Waals surface area (Å²) in [5.41, 5.74) is 0.529. The van der Waals surface area contributed by atoms with Gasteiger partial charge in [0.25, 0.3) is 5.91 Å². The van der Waals surface area contributed by atoms with Crippen LogP contribution in [0.15, 0.2) is 35.7 Å². The van der Waals surface area contributed by atoms with Gasteiger partial charge in [0.1, 0.15) is 11.6 Å². The molecule has 2 heterocycles. The SMILES string of the molecule is Cc1ccc(-c2csc(NC(=O)CCNC(=O)c3ccc(F)cc3F)n2)s1. The van der Waals surface area contributed by atoms with Crippen molar-refractivity contribution in [1.29, 1.82) is 0 Å². The van der Waals surface area contributed by atoms with Gasteiger partial charge in [-0.05, 0) is 31.2 Å². The second-order valence-electron chi connectivity index (χ2n) is 5.63.